The Hall–Kier alpha value is -3.22. The Kier molecular flexibility index (Phi) is 4.01. The van der Waals surface area contributed by atoms with Gasteiger partial charge in [0.2, 0.25) is 0 Å². The van der Waals surface area contributed by atoms with Gasteiger partial charge in [0.1, 0.15) is 12.7 Å². The van der Waals surface area contributed by atoms with E-state index < -0.39 is 4.92 Å². The van der Waals surface area contributed by atoms with Gasteiger partial charge in [-0.15, -0.1) is 10.2 Å². The molecule has 0 atom stereocenters. The molecular formula is C16H15N5O2. The number of benzene rings is 2. The van der Waals surface area contributed by atoms with Gasteiger partial charge in [0.05, 0.1) is 17.2 Å². The summed E-state index contributed by atoms with van der Waals surface area (Å²) < 4.78 is 1.75. The van der Waals surface area contributed by atoms with E-state index in [1.165, 1.54) is 17.7 Å². The Bertz CT molecular complexity index is 782. The zero-order valence-corrected chi connectivity index (χ0v) is 12.5. The fourth-order valence-electron chi connectivity index (χ4n) is 2.24. The number of rotatable bonds is 5. The van der Waals surface area contributed by atoms with Gasteiger partial charge in [-0.1, -0.05) is 29.8 Å². The minimum atomic E-state index is -0.410. The van der Waals surface area contributed by atoms with E-state index in [-0.39, 0.29) is 5.69 Å². The zero-order chi connectivity index (χ0) is 16.2. The number of nitro groups is 1. The molecule has 0 unspecified atom stereocenters. The first-order valence-corrected chi connectivity index (χ1v) is 7.06. The molecule has 0 radical (unpaired) electrons. The second-order valence-corrected chi connectivity index (χ2v) is 5.16. The summed E-state index contributed by atoms with van der Waals surface area (Å²) in [6.07, 6.45) is 3.19. The van der Waals surface area contributed by atoms with Gasteiger partial charge in [-0.3, -0.25) is 15.1 Å². The van der Waals surface area contributed by atoms with Crippen LogP contribution in [0, 0.1) is 17.0 Å². The van der Waals surface area contributed by atoms with Gasteiger partial charge in [0.25, 0.3) is 5.69 Å². The summed E-state index contributed by atoms with van der Waals surface area (Å²) >= 11 is 0. The summed E-state index contributed by atoms with van der Waals surface area (Å²) in [4.78, 5) is 10.4. The first-order valence-electron chi connectivity index (χ1n) is 7.06. The average molecular weight is 308 g/mol. The molecule has 0 saturated carbocycles. The summed E-state index contributed by atoms with van der Waals surface area (Å²) in [6.45, 7) is 2.63. The van der Waals surface area contributed by atoms with Crippen molar-refractivity contribution in [2.75, 3.05) is 5.01 Å². The van der Waals surface area contributed by atoms with E-state index >= 15 is 0 Å². The molecule has 1 heterocycles. The molecule has 0 saturated heterocycles. The molecule has 2 aromatic carbocycles. The van der Waals surface area contributed by atoms with Gasteiger partial charge in [0.15, 0.2) is 0 Å². The summed E-state index contributed by atoms with van der Waals surface area (Å²) in [5.74, 6) is 0. The predicted molar refractivity (Wildman–Crippen MR) is 85.9 cm³/mol. The van der Waals surface area contributed by atoms with Crippen LogP contribution in [-0.2, 0) is 6.54 Å². The molecule has 0 bridgehead atoms. The van der Waals surface area contributed by atoms with Crippen LogP contribution in [0.4, 0.5) is 11.4 Å². The molecule has 7 heteroatoms. The molecule has 1 aromatic heterocycles. The minimum absolute atomic E-state index is 0.0628. The lowest BCUT2D eigenvalue weighted by Crippen LogP contribution is -2.27. The maximum Gasteiger partial charge on any atom is 0.269 e. The summed E-state index contributed by atoms with van der Waals surface area (Å²) in [5.41, 5.74) is 3.19. The second kappa shape index (κ2) is 6.27. The van der Waals surface area contributed by atoms with Crippen molar-refractivity contribution in [3.05, 3.63) is 82.4 Å². The number of non-ortho nitro benzene ring substituents is 1. The van der Waals surface area contributed by atoms with Crippen LogP contribution in [0.15, 0.2) is 61.2 Å². The van der Waals surface area contributed by atoms with Gasteiger partial charge < -0.3 is 0 Å². The van der Waals surface area contributed by atoms with E-state index in [4.69, 9.17) is 0 Å². The minimum Gasteiger partial charge on any atom is -0.274 e. The van der Waals surface area contributed by atoms with E-state index in [1.54, 1.807) is 29.5 Å². The third-order valence-corrected chi connectivity index (χ3v) is 3.50. The molecule has 0 aliphatic carbocycles. The third kappa shape index (κ3) is 3.34. The maximum absolute atomic E-state index is 10.8. The first kappa shape index (κ1) is 14.7. The lowest BCUT2D eigenvalue weighted by Gasteiger charge is -2.25. The Morgan fingerprint density at radius 1 is 1.04 bits per heavy atom. The topological polar surface area (TPSA) is 77.1 Å². The number of hydrogen-bond acceptors (Lipinski definition) is 5. The van der Waals surface area contributed by atoms with Gasteiger partial charge in [0, 0.05) is 12.1 Å². The molecule has 23 heavy (non-hydrogen) atoms. The molecule has 0 fully saturated rings. The average Bonchev–Trinajstić information content (AvgIpc) is 3.08. The largest absolute Gasteiger partial charge is 0.274 e. The summed E-state index contributed by atoms with van der Waals surface area (Å²) in [5, 5.41) is 20.4. The molecule has 3 aromatic rings. The summed E-state index contributed by atoms with van der Waals surface area (Å²) in [7, 11) is 0. The molecule has 3 rings (SSSR count). The summed E-state index contributed by atoms with van der Waals surface area (Å²) in [6, 6.07) is 14.6. The predicted octanol–water partition coefficient (Wildman–Crippen LogP) is 2.96. The van der Waals surface area contributed by atoms with Crippen LogP contribution in [-0.4, -0.2) is 19.8 Å². The standard InChI is InChI=1S/C16H15N5O2/c1-13-2-4-14(5-3-13)10-20(19-11-17-18-12-19)15-6-8-16(9-7-15)21(22)23/h2-9,11-12H,10H2,1H3/i1-1. The number of nitrogens with zero attached hydrogens (tertiary/aromatic N) is 5. The van der Waals surface area contributed by atoms with Gasteiger partial charge in [-0.05, 0) is 24.6 Å². The fourth-order valence-corrected chi connectivity index (χ4v) is 2.24. The van der Waals surface area contributed by atoms with Gasteiger partial charge in [-0.25, -0.2) is 4.68 Å². The number of aromatic nitrogens is 3. The van der Waals surface area contributed by atoms with Crippen LogP contribution in [0.2, 0.25) is 0 Å². The van der Waals surface area contributed by atoms with Crippen LogP contribution in [0.1, 0.15) is 11.1 Å². The van der Waals surface area contributed by atoms with Crippen molar-refractivity contribution in [2.45, 2.75) is 13.5 Å². The maximum atomic E-state index is 10.8. The monoisotopic (exact) mass is 308 g/mol. The SMILES string of the molecule is [11CH3]c1ccc(CN(c2ccc([N+](=O)[O-])cc2)n2cnnc2)cc1. The molecule has 116 valence electrons. The zero-order valence-electron chi connectivity index (χ0n) is 12.5. The molecule has 7 nitrogen and oxygen atoms in total. The number of aryl methyl sites for hydroxylation is 1. The lowest BCUT2D eigenvalue weighted by molar-refractivity contribution is -0.384. The van der Waals surface area contributed by atoms with Crippen molar-refractivity contribution in [3.8, 4) is 0 Å². The van der Waals surface area contributed by atoms with Crippen molar-refractivity contribution in [1.82, 2.24) is 14.9 Å². The molecule has 0 amide bonds. The molecule has 0 N–H and O–H groups in total. The van der Waals surface area contributed by atoms with Crippen LogP contribution in [0.5, 0.6) is 0 Å². The highest BCUT2D eigenvalue weighted by molar-refractivity contribution is 5.51. The Labute approximate surface area is 132 Å². The van der Waals surface area contributed by atoms with E-state index in [1.807, 2.05) is 11.9 Å². The highest BCUT2D eigenvalue weighted by Crippen LogP contribution is 2.22. The van der Waals surface area contributed by atoms with Crippen molar-refractivity contribution in [1.29, 1.82) is 0 Å². The molecule has 0 aliphatic rings. The third-order valence-electron chi connectivity index (χ3n) is 3.50. The van der Waals surface area contributed by atoms with Gasteiger partial charge in [-0.2, -0.15) is 0 Å². The van der Waals surface area contributed by atoms with Crippen molar-refractivity contribution < 1.29 is 4.92 Å². The van der Waals surface area contributed by atoms with E-state index in [0.29, 0.717) is 6.54 Å². The van der Waals surface area contributed by atoms with E-state index in [9.17, 15) is 10.1 Å². The van der Waals surface area contributed by atoms with Crippen LogP contribution < -0.4 is 5.01 Å². The quantitative estimate of drug-likeness (QED) is 0.535. The van der Waals surface area contributed by atoms with E-state index in [0.717, 1.165) is 11.3 Å². The van der Waals surface area contributed by atoms with Crippen molar-refractivity contribution in [2.24, 2.45) is 0 Å². The number of hydrogen-bond donors (Lipinski definition) is 0. The smallest absolute Gasteiger partial charge is 0.269 e. The molecule has 0 aliphatic heterocycles. The normalized spacial score (nSPS) is 10.5. The van der Waals surface area contributed by atoms with E-state index in [2.05, 4.69) is 34.5 Å². The Balaban J connectivity index is 1.92. The van der Waals surface area contributed by atoms with Crippen LogP contribution in [0.25, 0.3) is 0 Å². The molecule has 0 spiro atoms. The highest BCUT2D eigenvalue weighted by atomic mass is 16.6. The lowest BCUT2D eigenvalue weighted by atomic mass is 10.0. The Morgan fingerprint density at radius 2 is 1.65 bits per heavy atom. The van der Waals surface area contributed by atoms with Gasteiger partial charge >= 0.3 is 0 Å². The number of nitro benzene ring substituents is 1. The van der Waals surface area contributed by atoms with Crippen molar-refractivity contribution >= 4 is 11.4 Å². The highest BCUT2D eigenvalue weighted by Gasteiger charge is 2.12. The first-order chi connectivity index (χ1) is 11.1. The Morgan fingerprint density at radius 3 is 2.22 bits per heavy atom. The van der Waals surface area contributed by atoms with Crippen LogP contribution >= 0.6 is 0 Å². The number of anilines is 1. The van der Waals surface area contributed by atoms with Crippen LogP contribution in [0.3, 0.4) is 0 Å². The fraction of sp³-hybridized carbons (Fsp3) is 0.125. The second-order valence-electron chi connectivity index (χ2n) is 5.16. The molecular weight excluding hydrogens is 293 g/mol. The van der Waals surface area contributed by atoms with Crippen molar-refractivity contribution in [3.63, 3.8) is 0 Å².